The maximum absolute atomic E-state index is 12.4. The molecule has 0 atom stereocenters. The van der Waals surface area contributed by atoms with Gasteiger partial charge in [0.2, 0.25) is 5.82 Å². The molecule has 2 rings (SSSR count). The molecule has 1 aromatic carbocycles. The first kappa shape index (κ1) is 11.6. The van der Waals surface area contributed by atoms with Crippen molar-refractivity contribution in [3.63, 3.8) is 0 Å². The number of aromatic amines is 1. The van der Waals surface area contributed by atoms with Crippen LogP contribution in [0.2, 0.25) is 0 Å². The lowest BCUT2D eigenvalue weighted by atomic mass is 10.1. The smallest absolute Gasteiger partial charge is 0.195 e. The molecule has 1 N–H and O–H groups in total. The Bertz CT molecular complexity index is 597. The van der Waals surface area contributed by atoms with Crippen LogP contribution in [0.25, 0.3) is 11.4 Å². The van der Waals surface area contributed by atoms with E-state index in [9.17, 15) is 12.3 Å². The Hall–Kier alpha value is -1.83. The van der Waals surface area contributed by atoms with Crippen LogP contribution in [0.4, 0.5) is 3.89 Å². The summed E-state index contributed by atoms with van der Waals surface area (Å²) in [6, 6.07) is 6.91. The number of H-pyrrole nitrogens is 1. The summed E-state index contributed by atoms with van der Waals surface area (Å²) in [6.45, 7) is 0. The van der Waals surface area contributed by atoms with E-state index in [1.54, 1.807) is 24.3 Å². The summed E-state index contributed by atoms with van der Waals surface area (Å²) in [7, 11) is -4.44. The zero-order chi connectivity index (χ0) is 12.3. The summed E-state index contributed by atoms with van der Waals surface area (Å²) >= 11 is 0. The normalized spacial score (nSPS) is 11.6. The van der Waals surface area contributed by atoms with Crippen molar-refractivity contribution in [2.75, 3.05) is 5.75 Å². The number of tetrazole rings is 1. The zero-order valence-electron chi connectivity index (χ0n) is 8.67. The van der Waals surface area contributed by atoms with Gasteiger partial charge in [-0.15, -0.1) is 14.1 Å². The van der Waals surface area contributed by atoms with Gasteiger partial charge in [0.15, 0.2) is 0 Å². The molecular weight excluding hydrogens is 247 g/mol. The minimum Gasteiger partial charge on any atom is -0.195 e. The molecule has 0 aliphatic heterocycles. The van der Waals surface area contributed by atoms with Crippen LogP contribution in [0, 0.1) is 0 Å². The van der Waals surface area contributed by atoms with Crippen molar-refractivity contribution in [2.24, 2.45) is 0 Å². The second-order valence-electron chi connectivity index (χ2n) is 3.43. The Labute approximate surface area is 97.1 Å². The first-order chi connectivity index (χ1) is 8.04. The second-order valence-corrected chi connectivity index (χ2v) is 4.91. The van der Waals surface area contributed by atoms with Gasteiger partial charge in [-0.25, -0.2) is 0 Å². The maximum Gasteiger partial charge on any atom is 0.302 e. The Balaban J connectivity index is 2.18. The predicted molar refractivity (Wildman–Crippen MR) is 58.2 cm³/mol. The van der Waals surface area contributed by atoms with Gasteiger partial charge in [-0.1, -0.05) is 18.2 Å². The molecule has 0 spiro atoms. The molecule has 1 aromatic heterocycles. The predicted octanol–water partition coefficient (Wildman–Crippen LogP) is 0.708. The van der Waals surface area contributed by atoms with E-state index in [1.165, 1.54) is 0 Å². The number of nitrogens with one attached hydrogen (secondary N) is 1. The van der Waals surface area contributed by atoms with Crippen LogP contribution in [-0.4, -0.2) is 34.8 Å². The molecule has 0 unspecified atom stereocenters. The van der Waals surface area contributed by atoms with Gasteiger partial charge < -0.3 is 0 Å². The summed E-state index contributed by atoms with van der Waals surface area (Å²) in [6.07, 6.45) is 0.116. The number of rotatable bonds is 4. The monoisotopic (exact) mass is 256 g/mol. The van der Waals surface area contributed by atoms with Gasteiger partial charge in [0.1, 0.15) is 0 Å². The average Bonchev–Trinajstić information content (AvgIpc) is 2.79. The second kappa shape index (κ2) is 4.58. The van der Waals surface area contributed by atoms with Crippen molar-refractivity contribution < 1.29 is 12.3 Å². The van der Waals surface area contributed by atoms with Crippen LogP contribution in [0.15, 0.2) is 24.3 Å². The fourth-order valence-corrected chi connectivity index (χ4v) is 1.87. The van der Waals surface area contributed by atoms with Crippen molar-refractivity contribution in [3.05, 3.63) is 29.8 Å². The molecule has 0 amide bonds. The Morgan fingerprint density at radius 2 is 2.18 bits per heavy atom. The van der Waals surface area contributed by atoms with E-state index in [2.05, 4.69) is 20.6 Å². The highest BCUT2D eigenvalue weighted by atomic mass is 32.3. The van der Waals surface area contributed by atoms with Crippen molar-refractivity contribution in [2.45, 2.75) is 6.42 Å². The van der Waals surface area contributed by atoms with Gasteiger partial charge in [0, 0.05) is 5.56 Å². The Morgan fingerprint density at radius 1 is 1.35 bits per heavy atom. The van der Waals surface area contributed by atoms with Crippen LogP contribution in [0.3, 0.4) is 0 Å². The molecule has 0 saturated heterocycles. The molecule has 0 fully saturated rings. The summed E-state index contributed by atoms with van der Waals surface area (Å²) in [5.41, 5.74) is 1.40. The lowest BCUT2D eigenvalue weighted by Crippen LogP contribution is -2.02. The van der Waals surface area contributed by atoms with E-state index in [0.29, 0.717) is 17.0 Å². The van der Waals surface area contributed by atoms with Crippen LogP contribution >= 0.6 is 0 Å². The van der Waals surface area contributed by atoms with Crippen molar-refractivity contribution in [1.29, 1.82) is 0 Å². The molecule has 90 valence electrons. The zero-order valence-corrected chi connectivity index (χ0v) is 9.48. The fraction of sp³-hybridized carbons (Fsp3) is 0.222. The van der Waals surface area contributed by atoms with Gasteiger partial charge in [0.05, 0.1) is 5.75 Å². The summed E-state index contributed by atoms with van der Waals surface area (Å²) in [5, 5.41) is 13.3. The van der Waals surface area contributed by atoms with Gasteiger partial charge in [-0.3, -0.25) is 0 Å². The van der Waals surface area contributed by atoms with E-state index in [-0.39, 0.29) is 6.42 Å². The number of aryl methyl sites for hydroxylation is 1. The third kappa shape index (κ3) is 3.31. The van der Waals surface area contributed by atoms with Gasteiger partial charge >= 0.3 is 10.2 Å². The summed E-state index contributed by atoms with van der Waals surface area (Å²) < 4.78 is 33.2. The third-order valence-corrected chi connectivity index (χ3v) is 2.86. The highest BCUT2D eigenvalue weighted by Crippen LogP contribution is 2.15. The minimum atomic E-state index is -4.44. The Kier molecular flexibility index (Phi) is 3.14. The van der Waals surface area contributed by atoms with Gasteiger partial charge in [-0.05, 0) is 23.3 Å². The van der Waals surface area contributed by atoms with E-state index < -0.39 is 16.0 Å². The molecule has 17 heavy (non-hydrogen) atoms. The molecule has 2 aromatic rings. The van der Waals surface area contributed by atoms with Crippen LogP contribution in [0.1, 0.15) is 5.56 Å². The fourth-order valence-electron chi connectivity index (χ4n) is 1.39. The average molecular weight is 256 g/mol. The molecule has 0 aliphatic carbocycles. The quantitative estimate of drug-likeness (QED) is 0.814. The van der Waals surface area contributed by atoms with E-state index in [0.717, 1.165) is 0 Å². The third-order valence-electron chi connectivity index (χ3n) is 2.17. The molecule has 1 heterocycles. The van der Waals surface area contributed by atoms with Gasteiger partial charge in [-0.2, -0.15) is 13.6 Å². The number of nitrogens with zero attached hydrogens (tertiary/aromatic N) is 3. The highest BCUT2D eigenvalue weighted by Gasteiger charge is 2.09. The van der Waals surface area contributed by atoms with Gasteiger partial charge in [0.25, 0.3) is 0 Å². The molecule has 8 heteroatoms. The van der Waals surface area contributed by atoms with Crippen molar-refractivity contribution in [3.8, 4) is 11.4 Å². The molecule has 0 radical (unpaired) electrons. The van der Waals surface area contributed by atoms with Crippen LogP contribution in [-0.2, 0) is 16.6 Å². The number of hydrogen-bond acceptors (Lipinski definition) is 5. The minimum absolute atomic E-state index is 0.116. The van der Waals surface area contributed by atoms with Crippen LogP contribution < -0.4 is 0 Å². The van der Waals surface area contributed by atoms with E-state index in [4.69, 9.17) is 0 Å². The Morgan fingerprint density at radius 3 is 2.82 bits per heavy atom. The van der Waals surface area contributed by atoms with E-state index in [1.807, 2.05) is 0 Å². The van der Waals surface area contributed by atoms with E-state index >= 15 is 0 Å². The number of hydrogen-bond donors (Lipinski definition) is 1. The maximum atomic E-state index is 12.4. The molecule has 6 nitrogen and oxygen atoms in total. The number of benzene rings is 1. The molecular formula is C9H9FN4O2S. The first-order valence-electron chi connectivity index (χ1n) is 4.80. The molecule has 0 aliphatic rings. The summed E-state index contributed by atoms with van der Waals surface area (Å²) in [4.78, 5) is 0. The SMILES string of the molecule is O=S(=O)(F)CCc1cccc(-c2nn[nH]n2)c1. The summed E-state index contributed by atoms with van der Waals surface area (Å²) in [5.74, 6) is -0.113. The standard InChI is InChI=1S/C9H9FN4O2S/c10-17(15,16)5-4-7-2-1-3-8(6-7)9-11-13-14-12-9/h1-3,6H,4-5H2,(H,11,12,13,14). The lowest BCUT2D eigenvalue weighted by Gasteiger charge is -2.00. The van der Waals surface area contributed by atoms with Crippen molar-refractivity contribution >= 4 is 10.2 Å². The first-order valence-corrected chi connectivity index (χ1v) is 6.35. The molecule has 0 saturated carbocycles. The highest BCUT2D eigenvalue weighted by molar-refractivity contribution is 7.86. The number of aromatic nitrogens is 4. The van der Waals surface area contributed by atoms with Crippen molar-refractivity contribution in [1.82, 2.24) is 20.6 Å². The lowest BCUT2D eigenvalue weighted by molar-refractivity contribution is 0.551. The topological polar surface area (TPSA) is 88.6 Å². The van der Waals surface area contributed by atoms with Crippen LogP contribution in [0.5, 0.6) is 0 Å². The number of halogens is 1. The molecule has 0 bridgehead atoms. The largest absolute Gasteiger partial charge is 0.302 e.